The lowest BCUT2D eigenvalue weighted by Gasteiger charge is -2.17. The van der Waals surface area contributed by atoms with Gasteiger partial charge in [-0.2, -0.15) is 0 Å². The van der Waals surface area contributed by atoms with Crippen LogP contribution in [0, 0.1) is 13.8 Å². The van der Waals surface area contributed by atoms with Gasteiger partial charge >= 0.3 is 0 Å². The molecule has 16 heavy (non-hydrogen) atoms. The smallest absolute Gasteiger partial charge is 0.163 e. The number of hydrogen-bond acceptors (Lipinski definition) is 3. The number of aromatic hydroxyl groups is 1. The summed E-state index contributed by atoms with van der Waals surface area (Å²) in [6.45, 7) is 5.86. The van der Waals surface area contributed by atoms with Gasteiger partial charge in [0.05, 0.1) is 7.11 Å². The van der Waals surface area contributed by atoms with Crippen LogP contribution in [0.2, 0.25) is 0 Å². The fourth-order valence-corrected chi connectivity index (χ4v) is 1.94. The molecule has 0 saturated carbocycles. The molecule has 0 aromatic heterocycles. The first-order chi connectivity index (χ1) is 7.52. The normalized spacial score (nSPS) is 12.2. The van der Waals surface area contributed by atoms with Gasteiger partial charge in [-0.05, 0) is 42.5 Å². The Kier molecular flexibility index (Phi) is 3.93. The van der Waals surface area contributed by atoms with Crippen molar-refractivity contribution in [1.29, 1.82) is 0 Å². The van der Waals surface area contributed by atoms with Crippen molar-refractivity contribution in [2.24, 2.45) is 0 Å². The minimum Gasteiger partial charge on any atom is -0.504 e. The number of phenols is 1. The molecule has 3 heteroatoms. The summed E-state index contributed by atoms with van der Waals surface area (Å²) >= 11 is 0. The number of phenolic OH excluding ortho intramolecular Hbond substituents is 1. The van der Waals surface area contributed by atoms with E-state index in [0.717, 1.165) is 23.0 Å². The maximum Gasteiger partial charge on any atom is 0.163 e. The summed E-state index contributed by atoms with van der Waals surface area (Å²) in [5.41, 5.74) is 3.00. The predicted octanol–water partition coefficient (Wildman–Crippen LogP) is 2.71. The second-order valence-electron chi connectivity index (χ2n) is 4.07. The summed E-state index contributed by atoms with van der Waals surface area (Å²) in [5, 5.41) is 9.80. The lowest BCUT2D eigenvalue weighted by Crippen LogP contribution is -2.01. The van der Waals surface area contributed by atoms with Gasteiger partial charge in [0.25, 0.3) is 0 Å². The first-order valence-corrected chi connectivity index (χ1v) is 5.33. The summed E-state index contributed by atoms with van der Waals surface area (Å²) in [5.74, 6) is 0.769. The molecule has 0 spiro atoms. The highest BCUT2D eigenvalue weighted by Gasteiger charge is 2.16. The molecule has 3 nitrogen and oxygen atoms in total. The molecule has 0 aliphatic carbocycles. The molecule has 1 aromatic rings. The summed E-state index contributed by atoms with van der Waals surface area (Å²) in [7, 11) is 1.54. The second kappa shape index (κ2) is 5.01. The fourth-order valence-electron chi connectivity index (χ4n) is 1.94. The molecule has 1 atom stereocenters. The van der Waals surface area contributed by atoms with Crippen LogP contribution in [0.1, 0.15) is 36.0 Å². The quantitative estimate of drug-likeness (QED) is 0.797. The van der Waals surface area contributed by atoms with E-state index in [1.807, 2.05) is 20.8 Å². The Balaban J connectivity index is 3.27. The van der Waals surface area contributed by atoms with E-state index >= 15 is 0 Å². The molecule has 0 heterocycles. The third-order valence-corrected chi connectivity index (χ3v) is 3.05. The van der Waals surface area contributed by atoms with Gasteiger partial charge in [-0.3, -0.25) is 0 Å². The average molecular weight is 222 g/mol. The van der Waals surface area contributed by atoms with Crippen molar-refractivity contribution in [2.45, 2.75) is 33.1 Å². The van der Waals surface area contributed by atoms with Gasteiger partial charge in [-0.25, -0.2) is 0 Å². The minimum atomic E-state index is 0.119. The predicted molar refractivity (Wildman–Crippen MR) is 63.2 cm³/mol. The van der Waals surface area contributed by atoms with Gasteiger partial charge in [0.1, 0.15) is 6.29 Å². The highest BCUT2D eigenvalue weighted by atomic mass is 16.5. The van der Waals surface area contributed by atoms with Crippen LogP contribution in [-0.4, -0.2) is 18.5 Å². The summed E-state index contributed by atoms with van der Waals surface area (Å²) < 4.78 is 5.13. The van der Waals surface area contributed by atoms with E-state index in [9.17, 15) is 9.90 Å². The zero-order valence-electron chi connectivity index (χ0n) is 10.2. The third kappa shape index (κ3) is 2.18. The van der Waals surface area contributed by atoms with Crippen molar-refractivity contribution in [3.8, 4) is 11.5 Å². The van der Waals surface area contributed by atoms with Crippen molar-refractivity contribution < 1.29 is 14.6 Å². The SMILES string of the molecule is COc1c(O)cc(C(C)CC=O)c(C)c1C. The van der Waals surface area contributed by atoms with Gasteiger partial charge in [0, 0.05) is 6.42 Å². The number of hydrogen-bond donors (Lipinski definition) is 1. The molecule has 0 aliphatic rings. The second-order valence-corrected chi connectivity index (χ2v) is 4.07. The first kappa shape index (κ1) is 12.6. The first-order valence-electron chi connectivity index (χ1n) is 5.33. The number of ether oxygens (including phenoxy) is 1. The van der Waals surface area contributed by atoms with Gasteiger partial charge in [0.15, 0.2) is 11.5 Å². The van der Waals surface area contributed by atoms with Crippen LogP contribution in [0.3, 0.4) is 0 Å². The minimum absolute atomic E-state index is 0.119. The monoisotopic (exact) mass is 222 g/mol. The van der Waals surface area contributed by atoms with Crippen molar-refractivity contribution in [3.63, 3.8) is 0 Å². The van der Waals surface area contributed by atoms with E-state index < -0.39 is 0 Å². The molecular weight excluding hydrogens is 204 g/mol. The maximum absolute atomic E-state index is 10.5. The van der Waals surface area contributed by atoms with Crippen molar-refractivity contribution in [3.05, 3.63) is 22.8 Å². The van der Waals surface area contributed by atoms with Gasteiger partial charge in [-0.15, -0.1) is 0 Å². The van der Waals surface area contributed by atoms with Crippen LogP contribution in [0.25, 0.3) is 0 Å². The molecule has 88 valence electrons. The number of rotatable bonds is 4. The van der Waals surface area contributed by atoms with Crippen LogP contribution in [0.5, 0.6) is 11.5 Å². The van der Waals surface area contributed by atoms with Crippen LogP contribution in [-0.2, 0) is 4.79 Å². The van der Waals surface area contributed by atoms with Gasteiger partial charge < -0.3 is 14.6 Å². The molecular formula is C13H18O3. The number of carbonyl (C=O) groups excluding carboxylic acids is 1. The number of aldehydes is 1. The molecule has 1 rings (SSSR count). The van der Waals surface area contributed by atoms with E-state index in [0.29, 0.717) is 12.2 Å². The van der Waals surface area contributed by atoms with E-state index in [-0.39, 0.29) is 11.7 Å². The zero-order chi connectivity index (χ0) is 12.3. The molecule has 0 radical (unpaired) electrons. The van der Waals surface area contributed by atoms with Crippen LogP contribution < -0.4 is 4.74 Å². The van der Waals surface area contributed by atoms with E-state index in [1.165, 1.54) is 7.11 Å². The highest BCUT2D eigenvalue weighted by molar-refractivity contribution is 5.56. The Morgan fingerprint density at radius 3 is 2.56 bits per heavy atom. The third-order valence-electron chi connectivity index (χ3n) is 3.05. The lowest BCUT2D eigenvalue weighted by atomic mass is 9.91. The molecule has 0 amide bonds. The number of methoxy groups -OCH3 is 1. The Hall–Kier alpha value is -1.51. The van der Waals surface area contributed by atoms with Crippen molar-refractivity contribution >= 4 is 6.29 Å². The fraction of sp³-hybridized carbons (Fsp3) is 0.462. The highest BCUT2D eigenvalue weighted by Crippen LogP contribution is 2.37. The van der Waals surface area contributed by atoms with Crippen molar-refractivity contribution in [1.82, 2.24) is 0 Å². The molecule has 1 N–H and O–H groups in total. The summed E-state index contributed by atoms with van der Waals surface area (Å²) in [6, 6.07) is 1.69. The summed E-state index contributed by atoms with van der Waals surface area (Å²) in [6.07, 6.45) is 1.37. The Bertz CT molecular complexity index is 397. The molecule has 0 fully saturated rings. The standard InChI is InChI=1S/C13H18O3/c1-8(5-6-14)11-7-12(15)13(16-4)10(3)9(11)2/h6-8,15H,5H2,1-4H3. The molecule has 1 unspecified atom stereocenters. The molecule has 1 aromatic carbocycles. The van der Waals surface area contributed by atoms with Crippen LogP contribution in [0.15, 0.2) is 6.07 Å². The van der Waals surface area contributed by atoms with E-state index in [2.05, 4.69) is 0 Å². The Morgan fingerprint density at radius 2 is 2.06 bits per heavy atom. The topological polar surface area (TPSA) is 46.5 Å². The molecule has 0 bridgehead atoms. The van der Waals surface area contributed by atoms with Gasteiger partial charge in [-0.1, -0.05) is 6.92 Å². The Morgan fingerprint density at radius 1 is 1.44 bits per heavy atom. The van der Waals surface area contributed by atoms with E-state index in [4.69, 9.17) is 4.74 Å². The average Bonchev–Trinajstić information content (AvgIpc) is 2.24. The van der Waals surface area contributed by atoms with Crippen LogP contribution in [0.4, 0.5) is 0 Å². The zero-order valence-corrected chi connectivity index (χ0v) is 10.2. The van der Waals surface area contributed by atoms with Crippen molar-refractivity contribution in [2.75, 3.05) is 7.11 Å². The summed E-state index contributed by atoms with van der Waals surface area (Å²) in [4.78, 5) is 10.5. The van der Waals surface area contributed by atoms with Gasteiger partial charge in [0.2, 0.25) is 0 Å². The molecule has 0 aliphatic heterocycles. The maximum atomic E-state index is 10.5. The Labute approximate surface area is 96.1 Å². The van der Waals surface area contributed by atoms with E-state index in [1.54, 1.807) is 6.07 Å². The van der Waals surface area contributed by atoms with Crippen LogP contribution >= 0.6 is 0 Å². The number of carbonyl (C=O) groups is 1. The number of benzene rings is 1. The molecule has 0 saturated heterocycles. The largest absolute Gasteiger partial charge is 0.504 e. The lowest BCUT2D eigenvalue weighted by molar-refractivity contribution is -0.108.